The molecule has 0 heterocycles. The number of carbonyl (C=O) groups is 1. The van der Waals surface area contributed by atoms with Crippen LogP contribution < -0.4 is 5.32 Å². The Bertz CT molecular complexity index is 109. The molecule has 0 atom stereocenters. The first kappa shape index (κ1) is 10.8. The zero-order chi connectivity index (χ0) is 8.53. The molecule has 0 unspecified atom stereocenters. The maximum absolute atomic E-state index is 10.6. The fourth-order valence-electron chi connectivity index (χ4n) is 0.604. The molecule has 0 saturated carbocycles. The van der Waals surface area contributed by atoms with Gasteiger partial charge in [-0.15, -0.1) is 0 Å². The Labute approximate surface area is 71.9 Å². The van der Waals surface area contributed by atoms with Crippen molar-refractivity contribution in [2.24, 2.45) is 0 Å². The molecule has 0 rings (SSSR count). The van der Waals surface area contributed by atoms with Crippen LogP contribution in [0.5, 0.6) is 0 Å². The molecule has 0 aliphatic carbocycles. The first-order valence-electron chi connectivity index (χ1n) is 3.57. The Morgan fingerprint density at radius 1 is 1.64 bits per heavy atom. The predicted molar refractivity (Wildman–Crippen MR) is 47.9 cm³/mol. The monoisotopic (exact) mass is 177 g/mol. The highest BCUT2D eigenvalue weighted by Crippen LogP contribution is 1.92. The summed E-state index contributed by atoms with van der Waals surface area (Å²) in [5, 5.41) is 2.98. The lowest BCUT2D eigenvalue weighted by Gasteiger charge is -2.01. The summed E-state index contributed by atoms with van der Waals surface area (Å²) in [6, 6.07) is 0. The lowest BCUT2D eigenvalue weighted by molar-refractivity contribution is -0.139. The third-order valence-corrected chi connectivity index (χ3v) is 1.90. The molecule has 0 amide bonds. The largest absolute Gasteiger partial charge is 0.468 e. The van der Waals surface area contributed by atoms with Crippen molar-refractivity contribution in [3.8, 4) is 0 Å². The van der Waals surface area contributed by atoms with Crippen molar-refractivity contribution in [1.82, 2.24) is 5.32 Å². The molecular formula is C7H15NO2S. The predicted octanol–water partition coefficient (Wildman–Crippen LogP) is 0.502. The van der Waals surface area contributed by atoms with Gasteiger partial charge in [-0.25, -0.2) is 0 Å². The summed E-state index contributed by atoms with van der Waals surface area (Å²) >= 11 is 1.81. The van der Waals surface area contributed by atoms with E-state index in [0.29, 0.717) is 6.54 Å². The molecule has 0 spiro atoms. The van der Waals surface area contributed by atoms with Crippen LogP contribution in [-0.2, 0) is 9.53 Å². The van der Waals surface area contributed by atoms with Gasteiger partial charge >= 0.3 is 5.97 Å². The first-order chi connectivity index (χ1) is 5.31. The number of thioether (sulfide) groups is 1. The molecule has 66 valence electrons. The SMILES string of the molecule is COC(=O)CNCCCSC. The minimum Gasteiger partial charge on any atom is -0.468 e. The van der Waals surface area contributed by atoms with Gasteiger partial charge in [-0.1, -0.05) is 0 Å². The van der Waals surface area contributed by atoms with Gasteiger partial charge in [0.2, 0.25) is 0 Å². The molecule has 0 aromatic heterocycles. The van der Waals surface area contributed by atoms with Crippen molar-refractivity contribution >= 4 is 17.7 Å². The van der Waals surface area contributed by atoms with E-state index in [9.17, 15) is 4.79 Å². The van der Waals surface area contributed by atoms with Gasteiger partial charge in [0.15, 0.2) is 0 Å². The Hall–Kier alpha value is -0.220. The summed E-state index contributed by atoms with van der Waals surface area (Å²) in [5.74, 6) is 0.933. The molecule has 0 aromatic carbocycles. The first-order valence-corrected chi connectivity index (χ1v) is 4.97. The van der Waals surface area contributed by atoms with Gasteiger partial charge < -0.3 is 10.1 Å². The molecule has 0 radical (unpaired) electrons. The number of carbonyl (C=O) groups excluding carboxylic acids is 1. The lowest BCUT2D eigenvalue weighted by Crippen LogP contribution is -2.25. The summed E-state index contributed by atoms with van der Waals surface area (Å²) in [6.07, 6.45) is 3.17. The Kier molecular flexibility index (Phi) is 7.72. The molecule has 0 fully saturated rings. The molecule has 4 heteroatoms. The number of hydrogen-bond acceptors (Lipinski definition) is 4. The third-order valence-electron chi connectivity index (χ3n) is 1.20. The molecule has 0 aliphatic heterocycles. The van der Waals surface area contributed by atoms with Crippen molar-refractivity contribution in [2.45, 2.75) is 6.42 Å². The van der Waals surface area contributed by atoms with Gasteiger partial charge in [-0.05, 0) is 25.0 Å². The Balaban J connectivity index is 2.95. The van der Waals surface area contributed by atoms with Crippen LogP contribution >= 0.6 is 11.8 Å². The van der Waals surface area contributed by atoms with Crippen LogP contribution in [0.2, 0.25) is 0 Å². The van der Waals surface area contributed by atoms with Crippen LogP contribution in [0.15, 0.2) is 0 Å². The molecule has 0 aliphatic rings. The number of hydrogen-bond donors (Lipinski definition) is 1. The van der Waals surface area contributed by atoms with E-state index in [1.165, 1.54) is 7.11 Å². The van der Waals surface area contributed by atoms with E-state index in [0.717, 1.165) is 18.7 Å². The van der Waals surface area contributed by atoms with Crippen LogP contribution in [0.3, 0.4) is 0 Å². The van der Waals surface area contributed by atoms with Gasteiger partial charge in [0, 0.05) is 0 Å². The standard InChI is InChI=1S/C7H15NO2S/c1-10-7(9)6-8-4-3-5-11-2/h8H,3-6H2,1-2H3. The number of ether oxygens (including phenoxy) is 1. The lowest BCUT2D eigenvalue weighted by atomic mass is 10.5. The van der Waals surface area contributed by atoms with E-state index >= 15 is 0 Å². The highest BCUT2D eigenvalue weighted by molar-refractivity contribution is 7.98. The quantitative estimate of drug-likeness (QED) is 0.474. The third kappa shape index (κ3) is 7.68. The smallest absolute Gasteiger partial charge is 0.319 e. The molecule has 11 heavy (non-hydrogen) atoms. The highest BCUT2D eigenvalue weighted by atomic mass is 32.2. The number of nitrogens with one attached hydrogen (secondary N) is 1. The van der Waals surface area contributed by atoms with Crippen LogP contribution in [0.25, 0.3) is 0 Å². The summed E-state index contributed by atoms with van der Waals surface area (Å²) in [6.45, 7) is 1.21. The molecule has 0 saturated heterocycles. The van der Waals surface area contributed by atoms with Crippen molar-refractivity contribution < 1.29 is 9.53 Å². The van der Waals surface area contributed by atoms with E-state index in [2.05, 4.69) is 16.3 Å². The second-order valence-corrected chi connectivity index (χ2v) is 3.08. The van der Waals surface area contributed by atoms with Gasteiger partial charge in [0.05, 0.1) is 13.7 Å². The summed E-state index contributed by atoms with van der Waals surface area (Å²) in [4.78, 5) is 10.6. The fourth-order valence-corrected chi connectivity index (χ4v) is 1.04. The van der Waals surface area contributed by atoms with E-state index < -0.39 is 0 Å². The summed E-state index contributed by atoms with van der Waals surface area (Å²) < 4.78 is 4.45. The average molecular weight is 177 g/mol. The van der Waals surface area contributed by atoms with Crippen LogP contribution in [0.4, 0.5) is 0 Å². The minimum absolute atomic E-state index is 0.200. The number of methoxy groups -OCH3 is 1. The van der Waals surface area contributed by atoms with Gasteiger partial charge in [0.25, 0.3) is 0 Å². The molecule has 0 aromatic rings. The maximum atomic E-state index is 10.6. The zero-order valence-electron chi connectivity index (χ0n) is 7.05. The topological polar surface area (TPSA) is 38.3 Å². The molecular weight excluding hydrogens is 162 g/mol. The second kappa shape index (κ2) is 7.88. The van der Waals surface area contributed by atoms with Gasteiger partial charge in [0.1, 0.15) is 0 Å². The minimum atomic E-state index is -0.200. The van der Waals surface area contributed by atoms with E-state index in [-0.39, 0.29) is 5.97 Å². The fraction of sp³-hybridized carbons (Fsp3) is 0.857. The van der Waals surface area contributed by atoms with Gasteiger partial charge in [-0.2, -0.15) is 11.8 Å². The highest BCUT2D eigenvalue weighted by Gasteiger charge is 1.96. The molecule has 1 N–H and O–H groups in total. The van der Waals surface area contributed by atoms with E-state index in [4.69, 9.17) is 0 Å². The van der Waals surface area contributed by atoms with Crippen molar-refractivity contribution in [3.05, 3.63) is 0 Å². The average Bonchev–Trinajstić information content (AvgIpc) is 2.04. The van der Waals surface area contributed by atoms with Crippen molar-refractivity contribution in [2.75, 3.05) is 32.2 Å². The Morgan fingerprint density at radius 2 is 2.36 bits per heavy atom. The van der Waals surface area contributed by atoms with Crippen LogP contribution in [-0.4, -0.2) is 38.2 Å². The van der Waals surface area contributed by atoms with Crippen LogP contribution in [0, 0.1) is 0 Å². The maximum Gasteiger partial charge on any atom is 0.319 e. The van der Waals surface area contributed by atoms with E-state index in [1.54, 1.807) is 0 Å². The van der Waals surface area contributed by atoms with Crippen molar-refractivity contribution in [3.63, 3.8) is 0 Å². The number of rotatable bonds is 6. The normalized spacial score (nSPS) is 9.64. The number of esters is 1. The van der Waals surface area contributed by atoms with Gasteiger partial charge in [-0.3, -0.25) is 4.79 Å². The summed E-state index contributed by atoms with van der Waals surface area (Å²) in [7, 11) is 1.39. The second-order valence-electron chi connectivity index (χ2n) is 2.10. The van der Waals surface area contributed by atoms with Crippen molar-refractivity contribution in [1.29, 1.82) is 0 Å². The zero-order valence-corrected chi connectivity index (χ0v) is 7.87. The summed E-state index contributed by atoms with van der Waals surface area (Å²) in [5.41, 5.74) is 0. The molecule has 0 bridgehead atoms. The molecule has 3 nitrogen and oxygen atoms in total. The Morgan fingerprint density at radius 3 is 2.91 bits per heavy atom. The van der Waals surface area contributed by atoms with E-state index in [1.807, 2.05) is 11.8 Å². The van der Waals surface area contributed by atoms with Crippen LogP contribution in [0.1, 0.15) is 6.42 Å².